The van der Waals surface area contributed by atoms with Crippen LogP contribution in [0.5, 0.6) is 0 Å². The lowest BCUT2D eigenvalue weighted by molar-refractivity contribution is -0.121. The average Bonchev–Trinajstić information content (AvgIpc) is 2.62. The lowest BCUT2D eigenvalue weighted by Crippen LogP contribution is -2.48. The van der Waals surface area contributed by atoms with Crippen molar-refractivity contribution in [1.82, 2.24) is 15.1 Å². The van der Waals surface area contributed by atoms with Gasteiger partial charge in [0, 0.05) is 18.0 Å². The van der Waals surface area contributed by atoms with Crippen LogP contribution in [0.4, 0.5) is 5.82 Å². The first-order chi connectivity index (χ1) is 8.09. The summed E-state index contributed by atoms with van der Waals surface area (Å²) in [6.45, 7) is 7.96. The van der Waals surface area contributed by atoms with Gasteiger partial charge in [0.1, 0.15) is 5.82 Å². The molecule has 2 N–H and O–H groups in total. The van der Waals surface area contributed by atoms with E-state index in [1.807, 2.05) is 31.5 Å². The maximum absolute atomic E-state index is 12.0. The molecule has 0 bridgehead atoms. The standard InChI is InChI=1S/C12H20N4O.ClH/c1-8(2)16-11(4-5-14-16)15-12(17)9(3)10-6-13-7-10;/h4-5,8-10,13H,6-7H2,1-3H3,(H,15,17);1H. The third-order valence-corrected chi connectivity index (χ3v) is 3.34. The highest BCUT2D eigenvalue weighted by atomic mass is 35.5. The van der Waals surface area contributed by atoms with Crippen LogP contribution >= 0.6 is 12.4 Å². The molecule has 1 aliphatic rings. The third-order valence-electron chi connectivity index (χ3n) is 3.34. The molecule has 1 atom stereocenters. The molecule has 1 saturated heterocycles. The second-order valence-electron chi connectivity index (χ2n) is 4.95. The van der Waals surface area contributed by atoms with Gasteiger partial charge in [-0.2, -0.15) is 5.10 Å². The summed E-state index contributed by atoms with van der Waals surface area (Å²) in [6.07, 6.45) is 1.71. The highest BCUT2D eigenvalue weighted by molar-refractivity contribution is 5.91. The smallest absolute Gasteiger partial charge is 0.228 e. The highest BCUT2D eigenvalue weighted by Gasteiger charge is 2.29. The van der Waals surface area contributed by atoms with E-state index in [9.17, 15) is 4.79 Å². The Morgan fingerprint density at radius 2 is 2.17 bits per heavy atom. The number of hydrogen-bond donors (Lipinski definition) is 2. The molecule has 5 nitrogen and oxygen atoms in total. The van der Waals surface area contributed by atoms with Crippen molar-refractivity contribution in [2.75, 3.05) is 18.4 Å². The molecule has 2 heterocycles. The van der Waals surface area contributed by atoms with Crippen molar-refractivity contribution in [1.29, 1.82) is 0 Å². The van der Waals surface area contributed by atoms with Crippen LogP contribution in [0, 0.1) is 11.8 Å². The average molecular weight is 273 g/mol. The summed E-state index contributed by atoms with van der Waals surface area (Å²) >= 11 is 0. The molecule has 0 aliphatic carbocycles. The van der Waals surface area contributed by atoms with Crippen LogP contribution < -0.4 is 10.6 Å². The first kappa shape index (κ1) is 15.0. The van der Waals surface area contributed by atoms with Gasteiger partial charge in [0.25, 0.3) is 0 Å². The Labute approximate surface area is 114 Å². The van der Waals surface area contributed by atoms with Gasteiger partial charge in [0.2, 0.25) is 5.91 Å². The Morgan fingerprint density at radius 1 is 1.50 bits per heavy atom. The first-order valence-electron chi connectivity index (χ1n) is 6.14. The number of nitrogens with one attached hydrogen (secondary N) is 2. The normalized spacial score (nSPS) is 16.9. The minimum atomic E-state index is 0. The molecular weight excluding hydrogens is 252 g/mol. The maximum Gasteiger partial charge on any atom is 0.228 e. The van der Waals surface area contributed by atoms with Crippen molar-refractivity contribution in [2.45, 2.75) is 26.8 Å². The van der Waals surface area contributed by atoms with E-state index < -0.39 is 0 Å². The van der Waals surface area contributed by atoms with Crippen LogP contribution in [-0.2, 0) is 4.79 Å². The zero-order valence-electron chi connectivity index (χ0n) is 11.0. The van der Waals surface area contributed by atoms with E-state index >= 15 is 0 Å². The van der Waals surface area contributed by atoms with Crippen LogP contribution in [0.15, 0.2) is 12.3 Å². The third kappa shape index (κ3) is 3.03. The van der Waals surface area contributed by atoms with Crippen LogP contribution in [0.25, 0.3) is 0 Å². The fraction of sp³-hybridized carbons (Fsp3) is 0.667. The van der Waals surface area contributed by atoms with E-state index in [-0.39, 0.29) is 30.3 Å². The molecule has 1 aromatic heterocycles. The number of nitrogens with zero attached hydrogens (tertiary/aromatic N) is 2. The van der Waals surface area contributed by atoms with Gasteiger partial charge in [-0.1, -0.05) is 6.92 Å². The van der Waals surface area contributed by atoms with Crippen LogP contribution in [0.3, 0.4) is 0 Å². The molecule has 1 unspecified atom stereocenters. The van der Waals surface area contributed by atoms with Gasteiger partial charge in [0.05, 0.1) is 6.20 Å². The van der Waals surface area contributed by atoms with Gasteiger partial charge in [0.15, 0.2) is 0 Å². The Balaban J connectivity index is 0.00000162. The molecule has 6 heteroatoms. The number of rotatable bonds is 4. The van der Waals surface area contributed by atoms with E-state index in [1.165, 1.54) is 0 Å². The van der Waals surface area contributed by atoms with Crippen molar-refractivity contribution in [3.8, 4) is 0 Å². The summed E-state index contributed by atoms with van der Waals surface area (Å²) < 4.78 is 1.82. The number of carbonyl (C=O) groups is 1. The van der Waals surface area contributed by atoms with Gasteiger partial charge in [-0.25, -0.2) is 4.68 Å². The van der Waals surface area contributed by atoms with E-state index in [0.717, 1.165) is 18.9 Å². The monoisotopic (exact) mass is 272 g/mol. The minimum absolute atomic E-state index is 0. The van der Waals surface area contributed by atoms with Gasteiger partial charge in [-0.05, 0) is 32.9 Å². The zero-order valence-corrected chi connectivity index (χ0v) is 11.8. The van der Waals surface area contributed by atoms with Crippen molar-refractivity contribution in [2.24, 2.45) is 11.8 Å². The summed E-state index contributed by atoms with van der Waals surface area (Å²) in [5.41, 5.74) is 0. The molecule has 1 aliphatic heterocycles. The van der Waals surface area contributed by atoms with Crippen LogP contribution in [0.1, 0.15) is 26.8 Å². The number of halogens is 1. The predicted molar refractivity (Wildman–Crippen MR) is 74.0 cm³/mol. The second-order valence-corrected chi connectivity index (χ2v) is 4.95. The first-order valence-corrected chi connectivity index (χ1v) is 6.14. The summed E-state index contributed by atoms with van der Waals surface area (Å²) in [6, 6.07) is 2.09. The van der Waals surface area contributed by atoms with Crippen LogP contribution in [-0.4, -0.2) is 28.8 Å². The van der Waals surface area contributed by atoms with E-state index in [1.54, 1.807) is 6.20 Å². The lowest BCUT2D eigenvalue weighted by atomic mass is 9.88. The molecule has 1 amide bonds. The largest absolute Gasteiger partial charge is 0.316 e. The topological polar surface area (TPSA) is 59.0 Å². The maximum atomic E-state index is 12.0. The fourth-order valence-electron chi connectivity index (χ4n) is 1.94. The number of anilines is 1. The number of hydrogen-bond acceptors (Lipinski definition) is 3. The number of carbonyl (C=O) groups excluding carboxylic acids is 1. The highest BCUT2D eigenvalue weighted by Crippen LogP contribution is 2.19. The quantitative estimate of drug-likeness (QED) is 0.877. The molecule has 1 fully saturated rings. The minimum Gasteiger partial charge on any atom is -0.316 e. The Bertz CT molecular complexity index is 401. The van der Waals surface area contributed by atoms with Crippen molar-refractivity contribution in [3.05, 3.63) is 12.3 Å². The molecule has 18 heavy (non-hydrogen) atoms. The van der Waals surface area contributed by atoms with Crippen molar-refractivity contribution in [3.63, 3.8) is 0 Å². The van der Waals surface area contributed by atoms with E-state index in [0.29, 0.717) is 5.92 Å². The Kier molecular flexibility index (Phi) is 5.16. The Morgan fingerprint density at radius 3 is 2.67 bits per heavy atom. The van der Waals surface area contributed by atoms with Crippen molar-refractivity contribution >= 4 is 24.1 Å². The molecule has 1 aromatic rings. The van der Waals surface area contributed by atoms with Gasteiger partial charge in [-0.15, -0.1) is 12.4 Å². The Hall–Kier alpha value is -1.07. The van der Waals surface area contributed by atoms with Crippen molar-refractivity contribution < 1.29 is 4.79 Å². The molecule has 0 saturated carbocycles. The lowest BCUT2D eigenvalue weighted by Gasteiger charge is -2.31. The summed E-state index contributed by atoms with van der Waals surface area (Å²) in [5.74, 6) is 1.38. The summed E-state index contributed by atoms with van der Waals surface area (Å²) in [5, 5.41) is 10.3. The van der Waals surface area contributed by atoms with Gasteiger partial charge in [-0.3, -0.25) is 4.79 Å². The van der Waals surface area contributed by atoms with Gasteiger partial charge < -0.3 is 10.6 Å². The molecule has 2 rings (SSSR count). The predicted octanol–water partition coefficient (Wildman–Crippen LogP) is 1.68. The number of aromatic nitrogens is 2. The van der Waals surface area contributed by atoms with Crippen LogP contribution in [0.2, 0.25) is 0 Å². The van der Waals surface area contributed by atoms with E-state index in [2.05, 4.69) is 15.7 Å². The summed E-state index contributed by atoms with van der Waals surface area (Å²) in [7, 11) is 0. The molecule has 0 radical (unpaired) electrons. The SMILES string of the molecule is CC(C(=O)Nc1ccnn1C(C)C)C1CNC1.Cl. The molecular formula is C12H21ClN4O. The second kappa shape index (κ2) is 6.20. The van der Waals surface area contributed by atoms with Gasteiger partial charge >= 0.3 is 0 Å². The zero-order chi connectivity index (χ0) is 12.4. The molecule has 0 aromatic carbocycles. The summed E-state index contributed by atoms with van der Waals surface area (Å²) in [4.78, 5) is 12.0. The fourth-order valence-corrected chi connectivity index (χ4v) is 1.94. The van der Waals surface area contributed by atoms with E-state index in [4.69, 9.17) is 0 Å². The molecule has 0 spiro atoms. The number of amides is 1. The molecule has 102 valence electrons.